The Labute approximate surface area is 144 Å². The van der Waals surface area contributed by atoms with Crippen LogP contribution in [0.3, 0.4) is 0 Å². The Hall–Kier alpha value is -0.880. The second-order valence-electron chi connectivity index (χ2n) is 5.64. The van der Waals surface area contributed by atoms with Gasteiger partial charge in [-0.3, -0.25) is 4.90 Å². The molecule has 0 saturated carbocycles. The molecule has 0 bridgehead atoms. The van der Waals surface area contributed by atoms with E-state index in [9.17, 15) is 5.11 Å². The first kappa shape index (κ1) is 17.5. The zero-order valence-corrected chi connectivity index (χ0v) is 15.6. The van der Waals surface area contributed by atoms with Crippen molar-refractivity contribution in [2.75, 3.05) is 20.2 Å². The lowest BCUT2D eigenvalue weighted by molar-refractivity contribution is 0.0744. The van der Waals surface area contributed by atoms with E-state index in [0.29, 0.717) is 13.2 Å². The molecule has 2 aromatic rings. The number of aryl methyl sites for hydroxylation is 2. The number of thiophene rings is 1. The van der Waals surface area contributed by atoms with Crippen molar-refractivity contribution >= 4 is 27.3 Å². The van der Waals surface area contributed by atoms with E-state index in [4.69, 9.17) is 4.74 Å². The second-order valence-corrected chi connectivity index (χ2v) is 8.18. The molecular formula is C17H22BrNO2S. The van der Waals surface area contributed by atoms with Gasteiger partial charge < -0.3 is 9.84 Å². The van der Waals surface area contributed by atoms with Crippen LogP contribution in [0.5, 0.6) is 5.75 Å². The molecule has 5 heteroatoms. The number of nitrogens with zero attached hydrogens (tertiary/aromatic N) is 1. The molecule has 0 fully saturated rings. The van der Waals surface area contributed by atoms with Gasteiger partial charge in [0.2, 0.25) is 0 Å². The molecule has 2 rings (SSSR count). The summed E-state index contributed by atoms with van der Waals surface area (Å²) in [6.07, 6.45) is -0.506. The van der Waals surface area contributed by atoms with Gasteiger partial charge in [0, 0.05) is 18.0 Å². The summed E-state index contributed by atoms with van der Waals surface area (Å²) >= 11 is 5.19. The van der Waals surface area contributed by atoms with Crippen molar-refractivity contribution in [3.63, 3.8) is 0 Å². The Morgan fingerprint density at radius 2 is 2.05 bits per heavy atom. The molecule has 1 aromatic carbocycles. The number of aliphatic hydroxyl groups excluding tert-OH is 1. The van der Waals surface area contributed by atoms with E-state index in [1.165, 1.54) is 4.88 Å². The van der Waals surface area contributed by atoms with Crippen molar-refractivity contribution in [1.29, 1.82) is 0 Å². The van der Waals surface area contributed by atoms with Crippen LogP contribution < -0.4 is 4.74 Å². The summed E-state index contributed by atoms with van der Waals surface area (Å²) in [6, 6.07) is 10.3. The first-order chi connectivity index (χ1) is 10.4. The van der Waals surface area contributed by atoms with Crippen molar-refractivity contribution in [2.24, 2.45) is 0 Å². The van der Waals surface area contributed by atoms with Crippen LogP contribution in [-0.4, -0.2) is 36.3 Å². The number of aliphatic hydroxyl groups is 1. The maximum absolute atomic E-state index is 10.2. The SMILES string of the molecule is Cc1ccc(C)c(OCC(O)CN(C)Cc2ccc(Br)s2)c1. The highest BCUT2D eigenvalue weighted by molar-refractivity contribution is 9.11. The van der Waals surface area contributed by atoms with E-state index >= 15 is 0 Å². The summed E-state index contributed by atoms with van der Waals surface area (Å²) in [7, 11) is 2.01. The lowest BCUT2D eigenvalue weighted by atomic mass is 10.1. The van der Waals surface area contributed by atoms with Crippen LogP contribution in [0, 0.1) is 13.8 Å². The van der Waals surface area contributed by atoms with Crippen molar-refractivity contribution < 1.29 is 9.84 Å². The van der Waals surface area contributed by atoms with E-state index in [1.807, 2.05) is 39.1 Å². The first-order valence-corrected chi connectivity index (χ1v) is 8.86. The molecule has 120 valence electrons. The van der Waals surface area contributed by atoms with Gasteiger partial charge in [-0.2, -0.15) is 0 Å². The molecule has 0 amide bonds. The average molecular weight is 384 g/mol. The van der Waals surface area contributed by atoms with Gasteiger partial charge in [-0.15, -0.1) is 11.3 Å². The predicted octanol–water partition coefficient (Wildman–Crippen LogP) is 4.00. The predicted molar refractivity (Wildman–Crippen MR) is 95.8 cm³/mol. The van der Waals surface area contributed by atoms with E-state index in [-0.39, 0.29) is 0 Å². The fraction of sp³-hybridized carbons (Fsp3) is 0.412. The van der Waals surface area contributed by atoms with Gasteiger partial charge in [0.1, 0.15) is 18.5 Å². The number of benzene rings is 1. The average Bonchev–Trinajstić information content (AvgIpc) is 2.85. The van der Waals surface area contributed by atoms with Crippen molar-refractivity contribution in [3.05, 3.63) is 50.1 Å². The second kappa shape index (κ2) is 8.11. The third-order valence-electron chi connectivity index (χ3n) is 3.35. The summed E-state index contributed by atoms with van der Waals surface area (Å²) < 4.78 is 6.89. The number of ether oxygens (including phenoxy) is 1. The smallest absolute Gasteiger partial charge is 0.122 e. The minimum Gasteiger partial charge on any atom is -0.491 e. The van der Waals surface area contributed by atoms with Crippen LogP contribution in [-0.2, 0) is 6.54 Å². The van der Waals surface area contributed by atoms with Crippen molar-refractivity contribution in [3.8, 4) is 5.75 Å². The van der Waals surface area contributed by atoms with Gasteiger partial charge in [0.25, 0.3) is 0 Å². The fourth-order valence-electron chi connectivity index (χ4n) is 2.23. The van der Waals surface area contributed by atoms with Gasteiger partial charge in [0.15, 0.2) is 0 Å². The molecule has 0 spiro atoms. The molecule has 22 heavy (non-hydrogen) atoms. The van der Waals surface area contributed by atoms with Crippen LogP contribution >= 0.6 is 27.3 Å². The van der Waals surface area contributed by atoms with Crippen LogP contribution in [0.25, 0.3) is 0 Å². The molecule has 1 aromatic heterocycles. The standard InChI is InChI=1S/C17H22BrNO2S/c1-12-4-5-13(2)16(8-12)21-11-14(20)9-19(3)10-15-6-7-17(18)22-15/h4-8,14,20H,9-11H2,1-3H3. The van der Waals surface area contributed by atoms with Crippen molar-refractivity contribution in [1.82, 2.24) is 4.90 Å². The molecule has 1 N–H and O–H groups in total. The number of hydrogen-bond donors (Lipinski definition) is 1. The number of likely N-dealkylation sites (N-methyl/N-ethyl adjacent to an activating group) is 1. The van der Waals surface area contributed by atoms with E-state index in [0.717, 1.165) is 27.2 Å². The maximum Gasteiger partial charge on any atom is 0.122 e. The molecule has 0 aliphatic rings. The highest BCUT2D eigenvalue weighted by atomic mass is 79.9. The normalized spacial score (nSPS) is 12.6. The Kier molecular flexibility index (Phi) is 6.44. The van der Waals surface area contributed by atoms with E-state index in [1.54, 1.807) is 11.3 Å². The lowest BCUT2D eigenvalue weighted by Crippen LogP contribution is -2.32. The monoisotopic (exact) mass is 383 g/mol. The highest BCUT2D eigenvalue weighted by Crippen LogP contribution is 2.23. The Morgan fingerprint density at radius 1 is 1.27 bits per heavy atom. The summed E-state index contributed by atoms with van der Waals surface area (Å²) in [5.74, 6) is 0.851. The van der Waals surface area contributed by atoms with Gasteiger partial charge in [-0.25, -0.2) is 0 Å². The number of hydrogen-bond acceptors (Lipinski definition) is 4. The fourth-order valence-corrected chi connectivity index (χ4v) is 3.79. The summed E-state index contributed by atoms with van der Waals surface area (Å²) in [4.78, 5) is 3.38. The van der Waals surface area contributed by atoms with Crippen LogP contribution in [0.2, 0.25) is 0 Å². The molecule has 1 atom stereocenters. The van der Waals surface area contributed by atoms with Crippen molar-refractivity contribution in [2.45, 2.75) is 26.5 Å². The summed E-state index contributed by atoms with van der Waals surface area (Å²) in [6.45, 7) is 5.78. The molecular weight excluding hydrogens is 362 g/mol. The third-order valence-corrected chi connectivity index (χ3v) is 4.96. The molecule has 1 unspecified atom stereocenters. The Balaban J connectivity index is 1.79. The Morgan fingerprint density at radius 3 is 2.73 bits per heavy atom. The minimum atomic E-state index is -0.506. The van der Waals surface area contributed by atoms with Crippen LogP contribution in [0.15, 0.2) is 34.1 Å². The molecule has 0 aliphatic heterocycles. The zero-order valence-electron chi connectivity index (χ0n) is 13.2. The minimum absolute atomic E-state index is 0.308. The number of rotatable bonds is 7. The van der Waals surface area contributed by atoms with Gasteiger partial charge in [-0.05, 0) is 66.2 Å². The van der Waals surface area contributed by atoms with Crippen LogP contribution in [0.1, 0.15) is 16.0 Å². The Bertz CT molecular complexity index is 614. The largest absolute Gasteiger partial charge is 0.491 e. The van der Waals surface area contributed by atoms with Gasteiger partial charge in [0.05, 0.1) is 3.79 Å². The van der Waals surface area contributed by atoms with E-state index in [2.05, 4.69) is 33.0 Å². The lowest BCUT2D eigenvalue weighted by Gasteiger charge is -2.20. The van der Waals surface area contributed by atoms with Crippen LogP contribution in [0.4, 0.5) is 0 Å². The third kappa shape index (κ3) is 5.39. The highest BCUT2D eigenvalue weighted by Gasteiger charge is 2.11. The van der Waals surface area contributed by atoms with Gasteiger partial charge in [-0.1, -0.05) is 12.1 Å². The molecule has 3 nitrogen and oxygen atoms in total. The summed E-state index contributed by atoms with van der Waals surface area (Å²) in [5.41, 5.74) is 2.25. The quantitative estimate of drug-likeness (QED) is 0.783. The number of halogens is 1. The topological polar surface area (TPSA) is 32.7 Å². The first-order valence-electron chi connectivity index (χ1n) is 7.25. The molecule has 0 saturated heterocycles. The molecule has 0 aliphatic carbocycles. The maximum atomic E-state index is 10.2. The summed E-state index contributed by atoms with van der Waals surface area (Å²) in [5, 5.41) is 10.2. The molecule has 1 heterocycles. The zero-order chi connectivity index (χ0) is 16.1. The molecule has 0 radical (unpaired) electrons. The van der Waals surface area contributed by atoms with E-state index < -0.39 is 6.10 Å². The van der Waals surface area contributed by atoms with Gasteiger partial charge >= 0.3 is 0 Å².